The van der Waals surface area contributed by atoms with E-state index in [1.165, 1.54) is 19.2 Å². The molecule has 146 valence electrons. The lowest BCUT2D eigenvalue weighted by molar-refractivity contribution is -0.143. The highest BCUT2D eigenvalue weighted by Gasteiger charge is 2.38. The lowest BCUT2D eigenvalue weighted by Gasteiger charge is -2.17. The highest BCUT2D eigenvalue weighted by molar-refractivity contribution is 9.10. The van der Waals surface area contributed by atoms with Crippen molar-refractivity contribution in [3.05, 3.63) is 57.1 Å². The van der Waals surface area contributed by atoms with E-state index in [0.29, 0.717) is 22.9 Å². The molecule has 0 radical (unpaired) electrons. The van der Waals surface area contributed by atoms with Crippen molar-refractivity contribution in [1.29, 1.82) is 0 Å². The molecule has 0 N–H and O–H groups in total. The number of carbonyl (C=O) groups excluding carboxylic acids is 1. The minimum Gasteiger partial charge on any atom is -0.493 e. The van der Waals surface area contributed by atoms with E-state index in [4.69, 9.17) is 9.47 Å². The zero-order valence-corrected chi connectivity index (χ0v) is 15.1. The molecule has 0 aromatic heterocycles. The number of alkyl halides is 6. The Morgan fingerprint density at radius 2 is 1.67 bits per heavy atom. The fourth-order valence-electron chi connectivity index (χ4n) is 2.21. The number of methoxy groups -OCH3 is 1. The number of hydrogen-bond acceptors (Lipinski definition) is 3. The summed E-state index contributed by atoms with van der Waals surface area (Å²) in [4.78, 5) is 10.9. The smallest absolute Gasteiger partial charge is 0.416 e. The minimum atomic E-state index is -4.99. The van der Waals surface area contributed by atoms with Crippen LogP contribution in [0.15, 0.2) is 34.8 Å². The van der Waals surface area contributed by atoms with Gasteiger partial charge in [0.2, 0.25) is 0 Å². The van der Waals surface area contributed by atoms with Crippen LogP contribution in [0.5, 0.6) is 11.5 Å². The number of carbonyl (C=O) groups is 1. The van der Waals surface area contributed by atoms with E-state index in [1.54, 1.807) is 0 Å². The van der Waals surface area contributed by atoms with Gasteiger partial charge in [-0.1, -0.05) is 6.07 Å². The molecule has 0 heterocycles. The highest BCUT2D eigenvalue weighted by atomic mass is 79.9. The van der Waals surface area contributed by atoms with Crippen LogP contribution in [0.3, 0.4) is 0 Å². The Labute approximate surface area is 158 Å². The topological polar surface area (TPSA) is 35.5 Å². The molecule has 0 unspecified atom stereocenters. The molecule has 0 atom stereocenters. The second kappa shape index (κ2) is 7.79. The zero-order chi connectivity index (χ0) is 20.4. The first kappa shape index (κ1) is 21.1. The summed E-state index contributed by atoms with van der Waals surface area (Å²) in [6.45, 7) is -0.657. The molecule has 0 aliphatic heterocycles. The summed E-state index contributed by atoms with van der Waals surface area (Å²) in [5.74, 6) is 0.101. The molecule has 2 aromatic carbocycles. The summed E-state index contributed by atoms with van der Waals surface area (Å²) in [5.41, 5.74) is -3.10. The molecule has 0 aliphatic rings. The Morgan fingerprint density at radius 1 is 1.00 bits per heavy atom. The van der Waals surface area contributed by atoms with E-state index in [2.05, 4.69) is 15.9 Å². The first-order valence-electron chi connectivity index (χ1n) is 7.20. The van der Waals surface area contributed by atoms with E-state index in [9.17, 15) is 31.1 Å². The van der Waals surface area contributed by atoms with Gasteiger partial charge in [-0.15, -0.1) is 0 Å². The van der Waals surface area contributed by atoms with E-state index >= 15 is 0 Å². The zero-order valence-electron chi connectivity index (χ0n) is 13.5. The second-order valence-corrected chi connectivity index (χ2v) is 6.15. The molecular formula is C17H11BrF6O3. The van der Waals surface area contributed by atoms with Crippen LogP contribution in [0.4, 0.5) is 26.3 Å². The van der Waals surface area contributed by atoms with Crippen molar-refractivity contribution in [2.75, 3.05) is 7.11 Å². The van der Waals surface area contributed by atoms with Gasteiger partial charge in [0.1, 0.15) is 6.61 Å². The monoisotopic (exact) mass is 456 g/mol. The summed E-state index contributed by atoms with van der Waals surface area (Å²) in [6.07, 6.45) is -9.36. The van der Waals surface area contributed by atoms with Gasteiger partial charge in [-0.3, -0.25) is 4.79 Å². The van der Waals surface area contributed by atoms with E-state index in [1.807, 2.05) is 0 Å². The summed E-state index contributed by atoms with van der Waals surface area (Å²) in [6, 6.07) is 3.94. The van der Waals surface area contributed by atoms with E-state index in [0.717, 1.165) is 0 Å². The van der Waals surface area contributed by atoms with Gasteiger partial charge >= 0.3 is 12.4 Å². The fraction of sp³-hybridized carbons (Fsp3) is 0.235. The Kier molecular flexibility index (Phi) is 6.08. The lowest BCUT2D eigenvalue weighted by atomic mass is 10.0. The maximum absolute atomic E-state index is 13.2. The average molecular weight is 457 g/mol. The third-order valence-corrected chi connectivity index (χ3v) is 4.22. The van der Waals surface area contributed by atoms with Gasteiger partial charge in [0.05, 0.1) is 18.2 Å². The molecule has 0 aliphatic carbocycles. The highest BCUT2D eigenvalue weighted by Crippen LogP contribution is 2.38. The van der Waals surface area contributed by atoms with Crippen molar-refractivity contribution in [2.45, 2.75) is 19.0 Å². The van der Waals surface area contributed by atoms with Crippen LogP contribution in [0, 0.1) is 0 Å². The summed E-state index contributed by atoms with van der Waals surface area (Å²) in [5, 5.41) is 0. The van der Waals surface area contributed by atoms with Crippen LogP contribution >= 0.6 is 15.9 Å². The quantitative estimate of drug-likeness (QED) is 0.415. The Morgan fingerprint density at radius 3 is 2.19 bits per heavy atom. The van der Waals surface area contributed by atoms with E-state index < -0.39 is 35.6 Å². The van der Waals surface area contributed by atoms with Crippen molar-refractivity contribution >= 4 is 22.2 Å². The third-order valence-electron chi connectivity index (χ3n) is 3.54. The van der Waals surface area contributed by atoms with Crippen LogP contribution in [0.2, 0.25) is 0 Å². The largest absolute Gasteiger partial charge is 0.493 e. The number of rotatable bonds is 5. The fourth-order valence-corrected chi connectivity index (χ4v) is 2.63. The summed E-state index contributed by atoms with van der Waals surface area (Å²) >= 11 is 3.10. The summed E-state index contributed by atoms with van der Waals surface area (Å²) < 4.78 is 88.2. The summed E-state index contributed by atoms with van der Waals surface area (Å²) in [7, 11) is 1.27. The Hall–Kier alpha value is -2.23. The van der Waals surface area contributed by atoms with Gasteiger partial charge in [-0.25, -0.2) is 0 Å². The number of aldehydes is 1. The van der Waals surface area contributed by atoms with Gasteiger partial charge in [0.15, 0.2) is 17.8 Å². The number of hydrogen-bond donors (Lipinski definition) is 0. The molecule has 0 spiro atoms. The minimum absolute atomic E-state index is 0.0167. The average Bonchev–Trinajstić information content (AvgIpc) is 2.58. The second-order valence-electron chi connectivity index (χ2n) is 5.30. The molecule has 0 amide bonds. The van der Waals surface area contributed by atoms with Crippen molar-refractivity contribution in [1.82, 2.24) is 0 Å². The van der Waals surface area contributed by atoms with Crippen molar-refractivity contribution in [3.8, 4) is 11.5 Å². The predicted molar refractivity (Wildman–Crippen MR) is 86.9 cm³/mol. The molecule has 10 heteroatoms. The van der Waals surface area contributed by atoms with Crippen LogP contribution < -0.4 is 9.47 Å². The molecular weight excluding hydrogens is 446 g/mol. The number of benzene rings is 2. The van der Waals surface area contributed by atoms with Gasteiger partial charge in [-0.2, -0.15) is 26.3 Å². The maximum atomic E-state index is 13.2. The number of halogens is 7. The number of ether oxygens (including phenoxy) is 2. The molecule has 0 fully saturated rings. The van der Waals surface area contributed by atoms with Crippen LogP contribution in [-0.4, -0.2) is 13.4 Å². The van der Waals surface area contributed by atoms with Gasteiger partial charge < -0.3 is 9.47 Å². The Balaban J connectivity index is 2.38. The third kappa shape index (κ3) is 4.94. The van der Waals surface area contributed by atoms with Crippen molar-refractivity contribution in [3.63, 3.8) is 0 Å². The molecule has 2 aromatic rings. The van der Waals surface area contributed by atoms with Gasteiger partial charge in [0.25, 0.3) is 0 Å². The lowest BCUT2D eigenvalue weighted by Crippen LogP contribution is -2.14. The standard InChI is InChI=1S/C17H11BrF6O3/c1-26-14-4-10(7-25)13(18)6-15(14)27-8-9-2-3-11(16(19,20)21)5-12(9)17(22,23)24/h2-7H,8H2,1H3. The van der Waals surface area contributed by atoms with Crippen LogP contribution in [0.1, 0.15) is 27.0 Å². The first-order chi connectivity index (χ1) is 12.5. The SMILES string of the molecule is COc1cc(C=O)c(Br)cc1OCc1ccc(C(F)(F)F)cc1C(F)(F)F. The predicted octanol–water partition coefficient (Wildman–Crippen LogP) is 5.89. The van der Waals surface area contributed by atoms with Gasteiger partial charge in [0, 0.05) is 15.6 Å². The molecule has 2 rings (SSSR count). The van der Waals surface area contributed by atoms with E-state index in [-0.39, 0.29) is 23.1 Å². The molecule has 27 heavy (non-hydrogen) atoms. The first-order valence-corrected chi connectivity index (χ1v) is 7.99. The molecule has 0 bridgehead atoms. The van der Waals surface area contributed by atoms with Crippen LogP contribution in [-0.2, 0) is 19.0 Å². The molecule has 3 nitrogen and oxygen atoms in total. The van der Waals surface area contributed by atoms with Gasteiger partial charge in [-0.05, 0) is 40.2 Å². The maximum Gasteiger partial charge on any atom is 0.416 e. The van der Waals surface area contributed by atoms with Crippen molar-refractivity contribution in [2.24, 2.45) is 0 Å². The van der Waals surface area contributed by atoms with Crippen molar-refractivity contribution < 1.29 is 40.6 Å². The molecule has 0 saturated heterocycles. The Bertz CT molecular complexity index is 846. The molecule has 0 saturated carbocycles. The van der Waals surface area contributed by atoms with Crippen LogP contribution in [0.25, 0.3) is 0 Å². The normalized spacial score (nSPS) is 12.0.